The lowest BCUT2D eigenvalue weighted by Crippen LogP contribution is -2.25. The highest BCUT2D eigenvalue weighted by molar-refractivity contribution is 6.16. The van der Waals surface area contributed by atoms with E-state index in [-0.39, 0.29) is 5.88 Å². The lowest BCUT2D eigenvalue weighted by Gasteiger charge is -2.13. The largest absolute Gasteiger partial charge is 0.368 e. The number of primary amides is 1. The summed E-state index contributed by atoms with van der Waals surface area (Å²) < 4.78 is 3.48. The van der Waals surface area contributed by atoms with E-state index in [9.17, 15) is 4.79 Å². The third kappa shape index (κ3) is 1.77. The van der Waals surface area contributed by atoms with E-state index >= 15 is 0 Å². The molecule has 6 nitrogen and oxygen atoms in total. The number of fused-ring (bicyclic) bond motifs is 1. The standard InChI is InChI=1S/C11H16ClN5O/c1-4-7-9-11(16(3)15-7)17(6(2)10(13)18)8(5-12)14-9/h6H,4-5H2,1-3H3,(H2,13,18). The number of rotatable bonds is 4. The first-order valence-corrected chi connectivity index (χ1v) is 6.32. The Bertz CT molecular complexity index is 600. The molecule has 18 heavy (non-hydrogen) atoms. The van der Waals surface area contributed by atoms with E-state index in [1.807, 2.05) is 14.0 Å². The molecule has 0 saturated carbocycles. The number of alkyl halides is 1. The molecular formula is C11H16ClN5O. The normalized spacial score (nSPS) is 13.1. The maximum Gasteiger partial charge on any atom is 0.240 e. The van der Waals surface area contributed by atoms with E-state index in [2.05, 4.69) is 10.1 Å². The summed E-state index contributed by atoms with van der Waals surface area (Å²) in [5.74, 6) is 0.454. The van der Waals surface area contributed by atoms with Crippen LogP contribution < -0.4 is 5.73 Å². The van der Waals surface area contributed by atoms with Gasteiger partial charge in [-0.1, -0.05) is 6.92 Å². The van der Waals surface area contributed by atoms with Crippen LogP contribution in [0.25, 0.3) is 11.2 Å². The average molecular weight is 270 g/mol. The summed E-state index contributed by atoms with van der Waals surface area (Å²) in [6, 6.07) is -0.496. The minimum atomic E-state index is -0.496. The first kappa shape index (κ1) is 12.9. The molecule has 2 N–H and O–H groups in total. The summed E-state index contributed by atoms with van der Waals surface area (Å²) in [5, 5.41) is 4.38. The first-order valence-electron chi connectivity index (χ1n) is 5.79. The van der Waals surface area contributed by atoms with E-state index in [0.29, 0.717) is 5.82 Å². The summed E-state index contributed by atoms with van der Waals surface area (Å²) in [6.07, 6.45) is 0.779. The van der Waals surface area contributed by atoms with Crippen LogP contribution in [0.3, 0.4) is 0 Å². The van der Waals surface area contributed by atoms with Crippen molar-refractivity contribution < 1.29 is 4.79 Å². The van der Waals surface area contributed by atoms with E-state index in [1.54, 1.807) is 16.2 Å². The van der Waals surface area contributed by atoms with Crippen molar-refractivity contribution in [3.05, 3.63) is 11.5 Å². The zero-order chi connectivity index (χ0) is 13.4. The van der Waals surface area contributed by atoms with Crippen molar-refractivity contribution in [2.75, 3.05) is 0 Å². The van der Waals surface area contributed by atoms with Crippen LogP contribution in [-0.4, -0.2) is 25.2 Å². The summed E-state index contributed by atoms with van der Waals surface area (Å²) in [7, 11) is 1.82. The molecule has 2 rings (SSSR count). The van der Waals surface area contributed by atoms with Crippen LogP contribution >= 0.6 is 11.6 Å². The van der Waals surface area contributed by atoms with Crippen LogP contribution in [-0.2, 0) is 24.1 Å². The zero-order valence-corrected chi connectivity index (χ0v) is 11.4. The van der Waals surface area contributed by atoms with E-state index < -0.39 is 11.9 Å². The zero-order valence-electron chi connectivity index (χ0n) is 10.6. The number of nitrogens with zero attached hydrogens (tertiary/aromatic N) is 4. The number of hydrogen-bond acceptors (Lipinski definition) is 3. The van der Waals surface area contributed by atoms with Crippen molar-refractivity contribution in [3.63, 3.8) is 0 Å². The molecule has 2 aromatic heterocycles. The van der Waals surface area contributed by atoms with E-state index in [0.717, 1.165) is 23.3 Å². The fourth-order valence-electron chi connectivity index (χ4n) is 2.11. The van der Waals surface area contributed by atoms with Gasteiger partial charge in [0.1, 0.15) is 17.4 Å². The molecule has 0 saturated heterocycles. The van der Waals surface area contributed by atoms with Gasteiger partial charge in [0.05, 0.1) is 11.6 Å². The lowest BCUT2D eigenvalue weighted by molar-refractivity contribution is -0.120. The van der Waals surface area contributed by atoms with Crippen LogP contribution in [0.2, 0.25) is 0 Å². The quantitative estimate of drug-likeness (QED) is 0.845. The van der Waals surface area contributed by atoms with Gasteiger partial charge < -0.3 is 5.73 Å². The highest BCUT2D eigenvalue weighted by Gasteiger charge is 2.23. The molecule has 1 amide bonds. The number of nitrogens with two attached hydrogens (primary N) is 1. The lowest BCUT2D eigenvalue weighted by atomic mass is 10.3. The van der Waals surface area contributed by atoms with Crippen molar-refractivity contribution >= 4 is 28.7 Å². The molecule has 0 bridgehead atoms. The van der Waals surface area contributed by atoms with E-state index in [4.69, 9.17) is 17.3 Å². The number of imidazole rings is 1. The SMILES string of the molecule is CCc1nn(C)c2c1nc(CCl)n2C(C)C(N)=O. The molecular weight excluding hydrogens is 254 g/mol. The first-order chi connectivity index (χ1) is 8.51. The van der Waals surface area contributed by atoms with Gasteiger partial charge in [0.2, 0.25) is 5.91 Å². The maximum atomic E-state index is 11.4. The Hall–Kier alpha value is -1.56. The Labute approximate surface area is 110 Å². The number of aryl methyl sites for hydroxylation is 2. The molecule has 0 aliphatic rings. The van der Waals surface area contributed by atoms with Crippen molar-refractivity contribution in [1.82, 2.24) is 19.3 Å². The Morgan fingerprint density at radius 1 is 1.56 bits per heavy atom. The second kappa shape index (κ2) is 4.61. The van der Waals surface area contributed by atoms with Crippen LogP contribution in [0.4, 0.5) is 0 Å². The van der Waals surface area contributed by atoms with Gasteiger partial charge in [0.15, 0.2) is 5.65 Å². The second-order valence-electron chi connectivity index (χ2n) is 4.21. The molecule has 0 radical (unpaired) electrons. The predicted molar refractivity (Wildman–Crippen MR) is 69.3 cm³/mol. The molecule has 0 aromatic carbocycles. The second-order valence-corrected chi connectivity index (χ2v) is 4.47. The summed E-state index contributed by atoms with van der Waals surface area (Å²) in [5.41, 5.74) is 7.85. The summed E-state index contributed by atoms with van der Waals surface area (Å²) in [6.45, 7) is 3.75. The Morgan fingerprint density at radius 2 is 2.22 bits per heavy atom. The maximum absolute atomic E-state index is 11.4. The minimum absolute atomic E-state index is 0.232. The van der Waals surface area contributed by atoms with Crippen LogP contribution in [0.5, 0.6) is 0 Å². The number of halogens is 1. The number of amides is 1. The third-order valence-electron chi connectivity index (χ3n) is 3.06. The van der Waals surface area contributed by atoms with Gasteiger partial charge >= 0.3 is 0 Å². The van der Waals surface area contributed by atoms with Gasteiger partial charge in [-0.25, -0.2) is 4.98 Å². The predicted octanol–water partition coefficient (Wildman–Crippen LogP) is 1.12. The van der Waals surface area contributed by atoms with Crippen LogP contribution in [0.1, 0.15) is 31.4 Å². The fraction of sp³-hybridized carbons (Fsp3) is 0.545. The average Bonchev–Trinajstić information content (AvgIpc) is 2.86. The molecule has 0 aliphatic carbocycles. The highest BCUT2D eigenvalue weighted by atomic mass is 35.5. The Kier molecular flexibility index (Phi) is 3.30. The molecule has 1 unspecified atom stereocenters. The van der Waals surface area contributed by atoms with Crippen molar-refractivity contribution in [2.24, 2.45) is 12.8 Å². The van der Waals surface area contributed by atoms with Crippen LogP contribution in [0, 0.1) is 0 Å². The number of hydrogen-bond donors (Lipinski definition) is 1. The highest BCUT2D eigenvalue weighted by Crippen LogP contribution is 2.24. The van der Waals surface area contributed by atoms with Crippen molar-refractivity contribution in [1.29, 1.82) is 0 Å². The molecule has 7 heteroatoms. The van der Waals surface area contributed by atoms with Gasteiger partial charge in [0.25, 0.3) is 0 Å². The molecule has 0 spiro atoms. The third-order valence-corrected chi connectivity index (χ3v) is 3.30. The minimum Gasteiger partial charge on any atom is -0.368 e. The molecule has 98 valence electrons. The summed E-state index contributed by atoms with van der Waals surface area (Å²) >= 11 is 5.89. The van der Waals surface area contributed by atoms with E-state index in [1.165, 1.54) is 0 Å². The molecule has 2 aromatic rings. The Morgan fingerprint density at radius 3 is 2.72 bits per heavy atom. The van der Waals surface area contributed by atoms with Crippen molar-refractivity contribution in [3.8, 4) is 0 Å². The smallest absolute Gasteiger partial charge is 0.240 e. The van der Waals surface area contributed by atoms with Gasteiger partial charge in [0, 0.05) is 7.05 Å². The Balaban J connectivity index is 2.76. The number of carbonyl (C=O) groups is 1. The van der Waals surface area contributed by atoms with Crippen LogP contribution in [0.15, 0.2) is 0 Å². The van der Waals surface area contributed by atoms with Gasteiger partial charge in [-0.05, 0) is 13.3 Å². The number of carbonyl (C=O) groups excluding carboxylic acids is 1. The monoisotopic (exact) mass is 269 g/mol. The summed E-state index contributed by atoms with van der Waals surface area (Å²) in [4.78, 5) is 15.9. The fourth-order valence-corrected chi connectivity index (χ4v) is 2.30. The molecule has 0 aliphatic heterocycles. The topological polar surface area (TPSA) is 78.7 Å². The van der Waals surface area contributed by atoms with Gasteiger partial charge in [-0.15, -0.1) is 11.6 Å². The van der Waals surface area contributed by atoms with Gasteiger partial charge in [-0.3, -0.25) is 14.0 Å². The van der Waals surface area contributed by atoms with Crippen molar-refractivity contribution in [2.45, 2.75) is 32.2 Å². The van der Waals surface area contributed by atoms with Gasteiger partial charge in [-0.2, -0.15) is 5.10 Å². The number of aromatic nitrogens is 4. The molecule has 0 fully saturated rings. The molecule has 2 heterocycles. The molecule has 1 atom stereocenters.